The van der Waals surface area contributed by atoms with Crippen LogP contribution < -0.4 is 4.90 Å². The summed E-state index contributed by atoms with van der Waals surface area (Å²) in [5.41, 5.74) is 1.79. The molecule has 4 nitrogen and oxygen atoms in total. The molecule has 1 aliphatic rings. The van der Waals surface area contributed by atoms with Gasteiger partial charge in [-0.15, -0.1) is 10.2 Å². The first-order valence-corrected chi connectivity index (χ1v) is 6.84. The Balaban J connectivity index is 2.01. The Hall–Kier alpha value is -1.68. The molecule has 0 N–H and O–H groups in total. The maximum atomic E-state index is 6.01. The van der Waals surface area contributed by atoms with Crippen LogP contribution in [0.5, 0.6) is 0 Å². The minimum atomic E-state index is 0.634. The molecule has 1 aliphatic heterocycles. The first-order chi connectivity index (χ1) is 9.24. The molecule has 2 aromatic rings. The largest absolute Gasteiger partial charge is 0.355 e. The van der Waals surface area contributed by atoms with Gasteiger partial charge in [-0.1, -0.05) is 23.7 Å². The SMILES string of the molecule is Cc1nnc(-c2cccc(Cl)c2)nc1N1CCCC1. The Kier molecular flexibility index (Phi) is 3.34. The summed E-state index contributed by atoms with van der Waals surface area (Å²) in [5.74, 6) is 1.58. The normalized spacial score (nSPS) is 14.9. The molecule has 1 saturated heterocycles. The van der Waals surface area contributed by atoms with Crippen LogP contribution in [0.15, 0.2) is 24.3 Å². The Labute approximate surface area is 117 Å². The molecule has 19 heavy (non-hydrogen) atoms. The molecular formula is C14H15ClN4. The highest BCUT2D eigenvalue weighted by Crippen LogP contribution is 2.24. The summed E-state index contributed by atoms with van der Waals surface area (Å²) in [7, 11) is 0. The molecule has 3 rings (SSSR count). The summed E-state index contributed by atoms with van der Waals surface area (Å²) in [6.07, 6.45) is 2.44. The van der Waals surface area contributed by atoms with Crippen LogP contribution in [0.3, 0.4) is 0 Å². The van der Waals surface area contributed by atoms with Gasteiger partial charge in [-0.2, -0.15) is 0 Å². The van der Waals surface area contributed by atoms with Gasteiger partial charge < -0.3 is 4.90 Å². The third kappa shape index (κ3) is 2.54. The van der Waals surface area contributed by atoms with Gasteiger partial charge in [0.15, 0.2) is 11.6 Å². The lowest BCUT2D eigenvalue weighted by Crippen LogP contribution is -2.21. The molecule has 98 valence electrons. The van der Waals surface area contributed by atoms with Crippen LogP contribution in [0.25, 0.3) is 11.4 Å². The van der Waals surface area contributed by atoms with E-state index < -0.39 is 0 Å². The highest BCUT2D eigenvalue weighted by Gasteiger charge is 2.18. The molecule has 2 heterocycles. The van der Waals surface area contributed by atoms with Crippen molar-refractivity contribution in [3.8, 4) is 11.4 Å². The Morgan fingerprint density at radius 2 is 1.95 bits per heavy atom. The maximum Gasteiger partial charge on any atom is 0.183 e. The molecule has 0 saturated carbocycles. The van der Waals surface area contributed by atoms with Gasteiger partial charge in [0.1, 0.15) is 5.69 Å². The maximum absolute atomic E-state index is 6.01. The molecule has 1 fully saturated rings. The van der Waals surface area contributed by atoms with E-state index in [9.17, 15) is 0 Å². The highest BCUT2D eigenvalue weighted by atomic mass is 35.5. The number of aromatic nitrogens is 3. The number of hydrogen-bond acceptors (Lipinski definition) is 4. The zero-order valence-corrected chi connectivity index (χ0v) is 11.6. The topological polar surface area (TPSA) is 41.9 Å². The quantitative estimate of drug-likeness (QED) is 0.844. The standard InChI is InChI=1S/C14H15ClN4/c1-10-14(19-7-2-3-8-19)16-13(18-17-10)11-5-4-6-12(15)9-11/h4-6,9H,2-3,7-8H2,1H3. The summed E-state index contributed by atoms with van der Waals surface area (Å²) in [4.78, 5) is 6.94. The average Bonchev–Trinajstić information content (AvgIpc) is 2.93. The number of anilines is 1. The summed E-state index contributed by atoms with van der Waals surface area (Å²) < 4.78 is 0. The summed E-state index contributed by atoms with van der Waals surface area (Å²) >= 11 is 6.01. The van der Waals surface area contributed by atoms with Crippen molar-refractivity contribution in [2.24, 2.45) is 0 Å². The second-order valence-electron chi connectivity index (χ2n) is 4.75. The van der Waals surface area contributed by atoms with Gasteiger partial charge in [-0.3, -0.25) is 0 Å². The van der Waals surface area contributed by atoms with E-state index in [-0.39, 0.29) is 0 Å². The Morgan fingerprint density at radius 1 is 1.16 bits per heavy atom. The number of hydrogen-bond donors (Lipinski definition) is 0. The van der Waals surface area contributed by atoms with Crippen LogP contribution >= 0.6 is 11.6 Å². The lowest BCUT2D eigenvalue weighted by Gasteiger charge is -2.18. The van der Waals surface area contributed by atoms with Crippen LogP contribution in [-0.4, -0.2) is 28.3 Å². The number of nitrogens with zero attached hydrogens (tertiary/aromatic N) is 4. The second kappa shape index (κ2) is 5.13. The van der Waals surface area contributed by atoms with Crippen molar-refractivity contribution in [1.82, 2.24) is 15.2 Å². The molecule has 0 aliphatic carbocycles. The zero-order chi connectivity index (χ0) is 13.2. The molecule has 0 amide bonds. The van der Waals surface area contributed by atoms with Crippen LogP contribution in [0.1, 0.15) is 18.5 Å². The van der Waals surface area contributed by atoms with Crippen molar-refractivity contribution >= 4 is 17.4 Å². The molecular weight excluding hydrogens is 260 g/mol. The lowest BCUT2D eigenvalue weighted by molar-refractivity contribution is 0.864. The van der Waals surface area contributed by atoms with E-state index in [0.717, 1.165) is 30.2 Å². The average molecular weight is 275 g/mol. The summed E-state index contributed by atoms with van der Waals surface area (Å²) in [6, 6.07) is 7.55. The van der Waals surface area contributed by atoms with E-state index in [1.807, 2.05) is 31.2 Å². The van der Waals surface area contributed by atoms with Gasteiger partial charge in [-0.25, -0.2) is 4.98 Å². The number of halogens is 1. The van der Waals surface area contributed by atoms with Crippen LogP contribution in [-0.2, 0) is 0 Å². The number of aryl methyl sites for hydroxylation is 1. The fraction of sp³-hybridized carbons (Fsp3) is 0.357. The molecule has 0 unspecified atom stereocenters. The molecule has 0 bridgehead atoms. The van der Waals surface area contributed by atoms with Gasteiger partial charge in [0.25, 0.3) is 0 Å². The summed E-state index contributed by atoms with van der Waals surface area (Å²) in [5, 5.41) is 9.09. The van der Waals surface area contributed by atoms with Crippen molar-refractivity contribution < 1.29 is 0 Å². The molecule has 5 heteroatoms. The smallest absolute Gasteiger partial charge is 0.183 e. The predicted molar refractivity (Wildman–Crippen MR) is 76.5 cm³/mol. The fourth-order valence-electron chi connectivity index (χ4n) is 2.35. The van der Waals surface area contributed by atoms with Crippen molar-refractivity contribution in [3.05, 3.63) is 35.0 Å². The van der Waals surface area contributed by atoms with Crippen LogP contribution in [0, 0.1) is 6.92 Å². The van der Waals surface area contributed by atoms with Gasteiger partial charge in [0.05, 0.1) is 0 Å². The van der Waals surface area contributed by atoms with E-state index in [0.29, 0.717) is 10.8 Å². The Bertz CT molecular complexity index is 594. The van der Waals surface area contributed by atoms with Gasteiger partial charge in [-0.05, 0) is 31.9 Å². The molecule has 1 aromatic heterocycles. The third-order valence-corrected chi connectivity index (χ3v) is 3.55. The summed E-state index contributed by atoms with van der Waals surface area (Å²) in [6.45, 7) is 4.05. The van der Waals surface area contributed by atoms with Crippen LogP contribution in [0.2, 0.25) is 5.02 Å². The fourth-order valence-corrected chi connectivity index (χ4v) is 2.54. The predicted octanol–water partition coefficient (Wildman–Crippen LogP) is 3.10. The van der Waals surface area contributed by atoms with E-state index in [4.69, 9.17) is 11.6 Å². The van der Waals surface area contributed by atoms with Crippen molar-refractivity contribution in [1.29, 1.82) is 0 Å². The minimum absolute atomic E-state index is 0.634. The van der Waals surface area contributed by atoms with Crippen molar-refractivity contribution in [2.45, 2.75) is 19.8 Å². The zero-order valence-electron chi connectivity index (χ0n) is 10.8. The lowest BCUT2D eigenvalue weighted by atomic mass is 10.2. The van der Waals surface area contributed by atoms with Crippen molar-refractivity contribution in [2.75, 3.05) is 18.0 Å². The molecule has 0 spiro atoms. The minimum Gasteiger partial charge on any atom is -0.355 e. The third-order valence-electron chi connectivity index (χ3n) is 3.32. The van der Waals surface area contributed by atoms with Gasteiger partial charge in [0.2, 0.25) is 0 Å². The number of benzene rings is 1. The second-order valence-corrected chi connectivity index (χ2v) is 5.19. The van der Waals surface area contributed by atoms with Gasteiger partial charge >= 0.3 is 0 Å². The van der Waals surface area contributed by atoms with Gasteiger partial charge in [0, 0.05) is 23.7 Å². The molecule has 1 aromatic carbocycles. The van der Waals surface area contributed by atoms with E-state index in [1.165, 1.54) is 12.8 Å². The molecule has 0 atom stereocenters. The monoisotopic (exact) mass is 274 g/mol. The first kappa shape index (κ1) is 12.4. The van der Waals surface area contributed by atoms with E-state index >= 15 is 0 Å². The number of rotatable bonds is 2. The van der Waals surface area contributed by atoms with E-state index in [1.54, 1.807) is 0 Å². The Morgan fingerprint density at radius 3 is 2.68 bits per heavy atom. The van der Waals surface area contributed by atoms with Crippen LogP contribution in [0.4, 0.5) is 5.82 Å². The van der Waals surface area contributed by atoms with E-state index in [2.05, 4.69) is 20.1 Å². The van der Waals surface area contributed by atoms with Crippen molar-refractivity contribution in [3.63, 3.8) is 0 Å². The highest BCUT2D eigenvalue weighted by molar-refractivity contribution is 6.30. The molecule has 0 radical (unpaired) electrons. The first-order valence-electron chi connectivity index (χ1n) is 6.46.